The number of carboxylic acid groups (broad SMARTS) is 1. The smallest absolute Gasteiger partial charge is 0.372 e. The molecular weight excluding hydrogens is 172 g/mol. The molecule has 0 aliphatic carbocycles. The third-order valence-electron chi connectivity index (χ3n) is 1.43. The first-order chi connectivity index (χ1) is 6.25. The minimum atomic E-state index is -1.08. The quantitative estimate of drug-likeness (QED) is 0.556. The maximum atomic E-state index is 10.5. The first-order valence-corrected chi connectivity index (χ1v) is 3.74. The average Bonchev–Trinajstić information content (AvgIpc) is 2.53. The van der Waals surface area contributed by atoms with Crippen LogP contribution in [0.4, 0.5) is 0 Å². The van der Waals surface area contributed by atoms with Crippen molar-refractivity contribution in [1.82, 2.24) is 0 Å². The molecule has 0 radical (unpaired) electrons. The van der Waals surface area contributed by atoms with E-state index in [4.69, 9.17) is 14.3 Å². The predicted molar refractivity (Wildman–Crippen MR) is 45.5 cm³/mol. The molecule has 0 fully saturated rings. The molecule has 1 aromatic heterocycles. The number of ether oxygens (including phenoxy) is 1. The van der Waals surface area contributed by atoms with Gasteiger partial charge < -0.3 is 14.3 Å². The molecule has 0 unspecified atom stereocenters. The number of aromatic carboxylic acids is 1. The Balaban J connectivity index is 2.60. The first kappa shape index (κ1) is 9.54. The van der Waals surface area contributed by atoms with E-state index in [2.05, 4.69) is 6.58 Å². The van der Waals surface area contributed by atoms with Crippen LogP contribution in [0.3, 0.4) is 0 Å². The third-order valence-corrected chi connectivity index (χ3v) is 1.43. The maximum Gasteiger partial charge on any atom is 0.372 e. The molecule has 0 aromatic carbocycles. The first-order valence-electron chi connectivity index (χ1n) is 3.74. The fraction of sp³-hybridized carbons (Fsp3) is 0.222. The van der Waals surface area contributed by atoms with Gasteiger partial charge in [0.05, 0.1) is 19.5 Å². The zero-order chi connectivity index (χ0) is 9.68. The van der Waals surface area contributed by atoms with Crippen LogP contribution >= 0.6 is 0 Å². The molecule has 0 saturated heterocycles. The Bertz CT molecular complexity index is 300. The van der Waals surface area contributed by atoms with Gasteiger partial charge in [0.25, 0.3) is 0 Å². The van der Waals surface area contributed by atoms with Gasteiger partial charge in [-0.2, -0.15) is 0 Å². The van der Waals surface area contributed by atoms with Crippen molar-refractivity contribution in [3.8, 4) is 0 Å². The number of rotatable bonds is 5. The van der Waals surface area contributed by atoms with Gasteiger partial charge in [0.15, 0.2) is 0 Å². The van der Waals surface area contributed by atoms with E-state index in [0.29, 0.717) is 12.2 Å². The predicted octanol–water partition coefficient (Wildman–Crippen LogP) is 1.68. The van der Waals surface area contributed by atoms with Gasteiger partial charge >= 0.3 is 5.97 Å². The Morgan fingerprint density at radius 2 is 2.54 bits per heavy atom. The molecule has 0 saturated carbocycles. The van der Waals surface area contributed by atoms with Gasteiger partial charge in [-0.05, 0) is 6.07 Å². The summed E-state index contributed by atoms with van der Waals surface area (Å²) in [5, 5.41) is 8.64. The second-order valence-electron chi connectivity index (χ2n) is 2.38. The summed E-state index contributed by atoms with van der Waals surface area (Å²) in [6, 6.07) is 1.58. The zero-order valence-corrected chi connectivity index (χ0v) is 7.03. The van der Waals surface area contributed by atoms with Crippen molar-refractivity contribution >= 4 is 5.97 Å². The van der Waals surface area contributed by atoms with Gasteiger partial charge in [-0.25, -0.2) is 4.79 Å². The molecule has 70 valence electrons. The summed E-state index contributed by atoms with van der Waals surface area (Å²) in [4.78, 5) is 10.5. The lowest BCUT2D eigenvalue weighted by Gasteiger charge is -1.98. The largest absolute Gasteiger partial charge is 0.475 e. The number of furan rings is 1. The summed E-state index contributed by atoms with van der Waals surface area (Å²) in [6.07, 6.45) is 2.93. The lowest BCUT2D eigenvalue weighted by atomic mass is 10.2. The SMILES string of the molecule is C=CCOCc1ccoc1C(=O)O. The van der Waals surface area contributed by atoms with Crippen LogP contribution in [-0.4, -0.2) is 17.7 Å². The Morgan fingerprint density at radius 3 is 3.15 bits per heavy atom. The number of hydrogen-bond acceptors (Lipinski definition) is 3. The lowest BCUT2D eigenvalue weighted by Crippen LogP contribution is -2.00. The highest BCUT2D eigenvalue weighted by Crippen LogP contribution is 2.11. The van der Waals surface area contributed by atoms with Crippen molar-refractivity contribution in [2.45, 2.75) is 6.61 Å². The van der Waals surface area contributed by atoms with Gasteiger partial charge in [0, 0.05) is 5.56 Å². The Kier molecular flexibility index (Phi) is 3.28. The van der Waals surface area contributed by atoms with E-state index in [1.54, 1.807) is 12.1 Å². The van der Waals surface area contributed by atoms with Crippen LogP contribution in [0.2, 0.25) is 0 Å². The summed E-state index contributed by atoms with van der Waals surface area (Å²) in [5.74, 6) is -1.15. The average molecular weight is 182 g/mol. The van der Waals surface area contributed by atoms with Crippen LogP contribution in [0.25, 0.3) is 0 Å². The van der Waals surface area contributed by atoms with E-state index in [1.165, 1.54) is 6.26 Å². The van der Waals surface area contributed by atoms with Crippen molar-refractivity contribution in [3.05, 3.63) is 36.3 Å². The molecule has 0 spiro atoms. The zero-order valence-electron chi connectivity index (χ0n) is 7.03. The van der Waals surface area contributed by atoms with E-state index in [-0.39, 0.29) is 12.4 Å². The second kappa shape index (κ2) is 4.47. The summed E-state index contributed by atoms with van der Waals surface area (Å²) in [6.45, 7) is 4.09. The normalized spacial score (nSPS) is 9.85. The summed E-state index contributed by atoms with van der Waals surface area (Å²) in [7, 11) is 0. The van der Waals surface area contributed by atoms with Gasteiger partial charge in [-0.15, -0.1) is 6.58 Å². The molecule has 0 amide bonds. The van der Waals surface area contributed by atoms with E-state index in [1.807, 2.05) is 0 Å². The Labute approximate surface area is 75.4 Å². The van der Waals surface area contributed by atoms with Crippen LogP contribution < -0.4 is 0 Å². The van der Waals surface area contributed by atoms with Crippen molar-refractivity contribution in [2.24, 2.45) is 0 Å². The maximum absolute atomic E-state index is 10.5. The van der Waals surface area contributed by atoms with Crippen molar-refractivity contribution < 1.29 is 19.1 Å². The molecule has 1 N–H and O–H groups in total. The van der Waals surface area contributed by atoms with E-state index < -0.39 is 5.97 Å². The highest BCUT2D eigenvalue weighted by molar-refractivity contribution is 5.85. The van der Waals surface area contributed by atoms with Crippen LogP contribution in [-0.2, 0) is 11.3 Å². The summed E-state index contributed by atoms with van der Waals surface area (Å²) < 4.78 is 9.83. The highest BCUT2D eigenvalue weighted by atomic mass is 16.5. The Morgan fingerprint density at radius 1 is 1.77 bits per heavy atom. The number of hydrogen-bond donors (Lipinski definition) is 1. The molecule has 13 heavy (non-hydrogen) atoms. The van der Waals surface area contributed by atoms with E-state index in [9.17, 15) is 4.79 Å². The van der Waals surface area contributed by atoms with Crippen LogP contribution in [0, 0.1) is 0 Å². The minimum Gasteiger partial charge on any atom is -0.475 e. The second-order valence-corrected chi connectivity index (χ2v) is 2.38. The van der Waals surface area contributed by atoms with Gasteiger partial charge in [-0.1, -0.05) is 6.08 Å². The standard InChI is InChI=1S/C9H10O4/c1-2-4-12-6-7-3-5-13-8(7)9(10)11/h2-3,5H,1,4,6H2,(H,10,11). The van der Waals surface area contributed by atoms with Crippen LogP contribution in [0.5, 0.6) is 0 Å². The Hall–Kier alpha value is -1.55. The molecule has 1 rings (SSSR count). The van der Waals surface area contributed by atoms with Crippen molar-refractivity contribution in [2.75, 3.05) is 6.61 Å². The van der Waals surface area contributed by atoms with Crippen molar-refractivity contribution in [3.63, 3.8) is 0 Å². The highest BCUT2D eigenvalue weighted by Gasteiger charge is 2.13. The fourth-order valence-electron chi connectivity index (χ4n) is 0.889. The van der Waals surface area contributed by atoms with Crippen molar-refractivity contribution in [1.29, 1.82) is 0 Å². The van der Waals surface area contributed by atoms with Crippen LogP contribution in [0.1, 0.15) is 16.1 Å². The third kappa shape index (κ3) is 2.45. The monoisotopic (exact) mass is 182 g/mol. The molecule has 4 heteroatoms. The van der Waals surface area contributed by atoms with Gasteiger partial charge in [0.1, 0.15) is 0 Å². The molecule has 1 heterocycles. The molecule has 1 aromatic rings. The molecule has 0 aliphatic heterocycles. The summed E-state index contributed by atoms with van der Waals surface area (Å²) >= 11 is 0. The molecule has 4 nitrogen and oxygen atoms in total. The van der Waals surface area contributed by atoms with E-state index in [0.717, 1.165) is 0 Å². The summed E-state index contributed by atoms with van der Waals surface area (Å²) in [5.41, 5.74) is 0.536. The minimum absolute atomic E-state index is 0.0657. The number of carboxylic acids is 1. The lowest BCUT2D eigenvalue weighted by molar-refractivity contribution is 0.0653. The number of carbonyl (C=O) groups is 1. The molecule has 0 aliphatic rings. The van der Waals surface area contributed by atoms with Gasteiger partial charge in [-0.3, -0.25) is 0 Å². The fourth-order valence-corrected chi connectivity index (χ4v) is 0.889. The topological polar surface area (TPSA) is 59.7 Å². The molecular formula is C9H10O4. The molecule has 0 atom stereocenters. The van der Waals surface area contributed by atoms with Crippen LogP contribution in [0.15, 0.2) is 29.4 Å². The van der Waals surface area contributed by atoms with Gasteiger partial charge in [0.2, 0.25) is 5.76 Å². The van der Waals surface area contributed by atoms with E-state index >= 15 is 0 Å². The molecule has 0 bridgehead atoms.